The molecule has 0 bridgehead atoms. The van der Waals surface area contributed by atoms with Crippen LogP contribution in [0.5, 0.6) is 0 Å². The normalized spacial score (nSPS) is 18.8. The third-order valence-corrected chi connectivity index (χ3v) is 15.5. The highest BCUT2D eigenvalue weighted by Crippen LogP contribution is 2.23. The van der Waals surface area contributed by atoms with Gasteiger partial charge in [-0.3, -0.25) is 9.59 Å². The van der Waals surface area contributed by atoms with Crippen molar-refractivity contribution in [2.75, 3.05) is 19.8 Å². The number of aliphatic hydroxyl groups is 5. The van der Waals surface area contributed by atoms with Crippen molar-refractivity contribution in [3.8, 4) is 0 Å². The predicted molar refractivity (Wildman–Crippen MR) is 320 cm³/mol. The summed E-state index contributed by atoms with van der Waals surface area (Å²) in [7, 11) is 0. The summed E-state index contributed by atoms with van der Waals surface area (Å²) in [6.45, 7) is 4.35. The molecule has 452 valence electrons. The molecule has 0 aromatic carbocycles. The fourth-order valence-electron chi connectivity index (χ4n) is 10.3. The molecule has 77 heavy (non-hydrogen) atoms. The summed E-state index contributed by atoms with van der Waals surface area (Å²) in [4.78, 5) is 25.1. The molecule has 1 saturated heterocycles. The molecule has 7 unspecified atom stereocenters. The van der Waals surface area contributed by atoms with E-state index in [-0.39, 0.29) is 18.5 Å². The van der Waals surface area contributed by atoms with Gasteiger partial charge in [-0.05, 0) is 64.2 Å². The molecule has 7 atom stereocenters. The van der Waals surface area contributed by atoms with Crippen LogP contribution in [-0.4, -0.2) is 100 Å². The number of nitrogens with one attached hydrogen (secondary N) is 1. The van der Waals surface area contributed by atoms with Gasteiger partial charge >= 0.3 is 5.97 Å². The van der Waals surface area contributed by atoms with Crippen LogP contribution in [0.25, 0.3) is 0 Å². The first-order valence-corrected chi connectivity index (χ1v) is 32.8. The van der Waals surface area contributed by atoms with Gasteiger partial charge in [0.1, 0.15) is 24.4 Å². The van der Waals surface area contributed by atoms with Crippen molar-refractivity contribution in [3.05, 3.63) is 36.5 Å². The fourth-order valence-corrected chi connectivity index (χ4v) is 10.3. The van der Waals surface area contributed by atoms with E-state index in [0.717, 1.165) is 83.5 Å². The SMILES string of the molecule is CCCCCCCCCCCCCCC/C=C/C(O)C(COC1OC(CO)C(O)C(O)C1O)NC(=O)CCCCCCCCC/C=C\C/C=C\CCCCCCCCCCCOC(=O)CCCCCCCCCCCCC. The molecule has 0 saturated carbocycles. The molecule has 0 aliphatic carbocycles. The van der Waals surface area contributed by atoms with E-state index in [9.17, 15) is 35.1 Å². The van der Waals surface area contributed by atoms with E-state index in [1.54, 1.807) is 6.08 Å². The maximum atomic E-state index is 13.1. The largest absolute Gasteiger partial charge is 0.466 e. The summed E-state index contributed by atoms with van der Waals surface area (Å²) < 4.78 is 16.7. The van der Waals surface area contributed by atoms with E-state index in [4.69, 9.17) is 14.2 Å². The van der Waals surface area contributed by atoms with Crippen molar-refractivity contribution >= 4 is 11.9 Å². The molecular weight excluding hydrogens is 967 g/mol. The molecule has 1 aliphatic heterocycles. The number of hydrogen-bond donors (Lipinski definition) is 6. The lowest BCUT2D eigenvalue weighted by Gasteiger charge is -2.40. The van der Waals surface area contributed by atoms with Gasteiger partial charge in [-0.25, -0.2) is 0 Å². The van der Waals surface area contributed by atoms with Crippen molar-refractivity contribution in [3.63, 3.8) is 0 Å². The van der Waals surface area contributed by atoms with Crippen LogP contribution in [0, 0.1) is 0 Å². The third-order valence-electron chi connectivity index (χ3n) is 15.5. The summed E-state index contributed by atoms with van der Waals surface area (Å²) in [6, 6.07) is -0.818. The van der Waals surface area contributed by atoms with Gasteiger partial charge in [-0.1, -0.05) is 269 Å². The van der Waals surface area contributed by atoms with Crippen molar-refractivity contribution in [2.24, 2.45) is 0 Å². The van der Waals surface area contributed by atoms with E-state index in [1.165, 1.54) is 199 Å². The summed E-state index contributed by atoms with van der Waals surface area (Å²) >= 11 is 0. The number of carbonyl (C=O) groups excluding carboxylic acids is 2. The molecule has 0 spiro atoms. The Morgan fingerprint density at radius 3 is 1.31 bits per heavy atom. The van der Waals surface area contributed by atoms with Crippen LogP contribution >= 0.6 is 0 Å². The number of aliphatic hydroxyl groups excluding tert-OH is 5. The number of amides is 1. The first-order chi connectivity index (χ1) is 37.7. The minimum Gasteiger partial charge on any atom is -0.466 e. The topological polar surface area (TPSA) is 175 Å². The minimum absolute atomic E-state index is 0.00488. The Morgan fingerprint density at radius 1 is 0.481 bits per heavy atom. The zero-order valence-electron chi connectivity index (χ0n) is 49.9. The third kappa shape index (κ3) is 45.2. The van der Waals surface area contributed by atoms with Crippen molar-refractivity contribution < 1.29 is 49.3 Å². The van der Waals surface area contributed by atoms with Gasteiger partial charge in [0, 0.05) is 12.8 Å². The molecule has 1 fully saturated rings. The van der Waals surface area contributed by atoms with Gasteiger partial charge in [0.05, 0.1) is 32.0 Å². The first-order valence-electron chi connectivity index (χ1n) is 32.8. The smallest absolute Gasteiger partial charge is 0.305 e. The van der Waals surface area contributed by atoms with E-state index in [1.807, 2.05) is 6.08 Å². The second-order valence-corrected chi connectivity index (χ2v) is 22.8. The van der Waals surface area contributed by atoms with Gasteiger partial charge in [-0.2, -0.15) is 0 Å². The highest BCUT2D eigenvalue weighted by Gasteiger charge is 2.44. The Morgan fingerprint density at radius 2 is 0.870 bits per heavy atom. The fraction of sp³-hybridized carbons (Fsp3) is 0.879. The van der Waals surface area contributed by atoms with E-state index in [0.29, 0.717) is 19.4 Å². The Hall–Kier alpha value is -2.12. The number of allylic oxidation sites excluding steroid dienone is 5. The maximum Gasteiger partial charge on any atom is 0.305 e. The quantitative estimate of drug-likeness (QED) is 0.0195. The number of ether oxygens (including phenoxy) is 3. The highest BCUT2D eigenvalue weighted by molar-refractivity contribution is 5.76. The van der Waals surface area contributed by atoms with E-state index in [2.05, 4.69) is 43.5 Å². The monoisotopic (exact) mass is 1090 g/mol. The van der Waals surface area contributed by atoms with Crippen molar-refractivity contribution in [1.82, 2.24) is 5.32 Å². The molecular formula is C66H123NO10. The highest BCUT2D eigenvalue weighted by atomic mass is 16.7. The molecule has 0 aromatic rings. The molecule has 1 heterocycles. The zero-order valence-corrected chi connectivity index (χ0v) is 49.9. The Kier molecular flexibility index (Phi) is 52.8. The van der Waals surface area contributed by atoms with Crippen molar-refractivity contribution in [2.45, 2.75) is 352 Å². The van der Waals surface area contributed by atoms with E-state index < -0.39 is 49.5 Å². The van der Waals surface area contributed by atoms with Crippen LogP contribution in [0.3, 0.4) is 0 Å². The van der Waals surface area contributed by atoms with Crippen LogP contribution < -0.4 is 5.32 Å². The van der Waals surface area contributed by atoms with Gasteiger partial charge in [-0.15, -0.1) is 0 Å². The van der Waals surface area contributed by atoms with Crippen LogP contribution in [-0.2, 0) is 23.8 Å². The Labute approximate surface area is 473 Å². The average Bonchev–Trinajstić information content (AvgIpc) is 3.43. The maximum absolute atomic E-state index is 13.1. The first kappa shape index (κ1) is 72.9. The zero-order chi connectivity index (χ0) is 55.9. The van der Waals surface area contributed by atoms with Crippen LogP contribution in [0.1, 0.15) is 309 Å². The van der Waals surface area contributed by atoms with Gasteiger partial charge < -0.3 is 45.1 Å². The second kappa shape index (κ2) is 55.8. The van der Waals surface area contributed by atoms with Gasteiger partial charge in [0.2, 0.25) is 5.91 Å². The molecule has 11 nitrogen and oxygen atoms in total. The number of esters is 1. The lowest BCUT2D eigenvalue weighted by molar-refractivity contribution is -0.302. The molecule has 0 radical (unpaired) electrons. The molecule has 0 aromatic heterocycles. The molecule has 1 rings (SSSR count). The average molecular weight is 1090 g/mol. The lowest BCUT2D eigenvalue weighted by atomic mass is 9.99. The predicted octanol–water partition coefficient (Wildman–Crippen LogP) is 15.8. The summed E-state index contributed by atoms with van der Waals surface area (Å²) in [5, 5.41) is 54.5. The summed E-state index contributed by atoms with van der Waals surface area (Å²) in [5.74, 6) is -0.195. The molecule has 6 N–H and O–H groups in total. The second-order valence-electron chi connectivity index (χ2n) is 22.8. The van der Waals surface area contributed by atoms with Gasteiger partial charge in [0.25, 0.3) is 0 Å². The number of rotatable bonds is 57. The number of hydrogen-bond acceptors (Lipinski definition) is 10. The van der Waals surface area contributed by atoms with Crippen molar-refractivity contribution in [1.29, 1.82) is 0 Å². The Bertz CT molecular complexity index is 1370. The summed E-state index contributed by atoms with van der Waals surface area (Å²) in [5.41, 5.74) is 0. The van der Waals surface area contributed by atoms with Crippen LogP contribution in [0.2, 0.25) is 0 Å². The number of unbranched alkanes of at least 4 members (excludes halogenated alkanes) is 39. The van der Waals surface area contributed by atoms with E-state index >= 15 is 0 Å². The number of carbonyl (C=O) groups is 2. The molecule has 11 heteroatoms. The minimum atomic E-state index is -1.57. The lowest BCUT2D eigenvalue weighted by Crippen LogP contribution is -2.60. The van der Waals surface area contributed by atoms with Crippen LogP contribution in [0.4, 0.5) is 0 Å². The Balaban J connectivity index is 2.09. The molecule has 1 amide bonds. The standard InChI is InChI=1S/C66H123NO10/c1-3-5-7-9-11-13-15-16-26-29-33-36-40-44-48-52-59(69)58(57-76-66-65(74)64(73)63(72)60(56-68)77-66)67-61(70)53-49-45-41-37-34-30-27-24-22-20-18-17-19-21-23-25-28-31-35-39-43-47-51-55-75-62(71)54-50-46-42-38-32-14-12-10-8-6-4-2/h17,19-20,22,48,52,58-60,63-66,68-69,72-74H,3-16,18,21,23-47,49-51,53-57H2,1-2H3,(H,67,70)/b19-17-,22-20-,52-48+. The van der Waals surface area contributed by atoms with Gasteiger partial charge in [0.15, 0.2) is 6.29 Å². The van der Waals surface area contributed by atoms with Crippen LogP contribution in [0.15, 0.2) is 36.5 Å². The summed E-state index contributed by atoms with van der Waals surface area (Å²) in [6.07, 6.45) is 59.5. The molecule has 1 aliphatic rings.